The van der Waals surface area contributed by atoms with Crippen molar-refractivity contribution in [3.05, 3.63) is 88.1 Å². The number of hydrogen-bond acceptors (Lipinski definition) is 5. The zero-order valence-corrected chi connectivity index (χ0v) is 25.6. The van der Waals surface area contributed by atoms with Crippen molar-refractivity contribution in [1.82, 2.24) is 14.8 Å². The van der Waals surface area contributed by atoms with E-state index in [1.165, 1.54) is 11.1 Å². The Balaban J connectivity index is 1.32. The van der Waals surface area contributed by atoms with Crippen molar-refractivity contribution in [2.45, 2.75) is 53.7 Å². The largest absolute Gasteiger partial charge is 0.444 e. The van der Waals surface area contributed by atoms with Gasteiger partial charge in [0.25, 0.3) is 0 Å². The summed E-state index contributed by atoms with van der Waals surface area (Å²) < 4.78 is 5.53. The van der Waals surface area contributed by atoms with Crippen LogP contribution < -0.4 is 5.32 Å². The fourth-order valence-electron chi connectivity index (χ4n) is 5.15. The highest BCUT2D eigenvalue weighted by Gasteiger charge is 2.25. The molecule has 1 saturated heterocycles. The number of pyridine rings is 1. The van der Waals surface area contributed by atoms with Gasteiger partial charge in [-0.3, -0.25) is 9.88 Å². The average molecular weight is 571 g/mol. The molecular formula is C34H39ClN4O2. The third-order valence-corrected chi connectivity index (χ3v) is 7.92. The highest BCUT2D eigenvalue weighted by atomic mass is 35.5. The van der Waals surface area contributed by atoms with Gasteiger partial charge in [0.05, 0.1) is 21.9 Å². The molecule has 0 radical (unpaired) electrons. The summed E-state index contributed by atoms with van der Waals surface area (Å²) in [5, 5.41) is 5.24. The zero-order valence-electron chi connectivity index (χ0n) is 24.8. The summed E-state index contributed by atoms with van der Waals surface area (Å²) in [6, 6.07) is 21.5. The molecule has 0 atom stereocenters. The Kier molecular flexibility index (Phi) is 8.25. The molecule has 214 valence electrons. The number of nitrogens with zero attached hydrogens (tertiary/aromatic N) is 3. The van der Waals surface area contributed by atoms with Crippen LogP contribution in [0.25, 0.3) is 22.0 Å². The monoisotopic (exact) mass is 570 g/mol. The van der Waals surface area contributed by atoms with Crippen molar-refractivity contribution in [3.63, 3.8) is 0 Å². The number of rotatable bonds is 5. The molecule has 0 aliphatic carbocycles. The van der Waals surface area contributed by atoms with E-state index in [4.69, 9.17) is 21.3 Å². The highest BCUT2D eigenvalue weighted by Crippen LogP contribution is 2.37. The molecule has 0 bridgehead atoms. The molecule has 5 rings (SSSR count). The van der Waals surface area contributed by atoms with E-state index in [0.717, 1.165) is 64.3 Å². The van der Waals surface area contributed by atoms with E-state index in [0.29, 0.717) is 18.1 Å². The lowest BCUT2D eigenvalue weighted by molar-refractivity contribution is 0.0139. The lowest BCUT2D eigenvalue weighted by Crippen LogP contribution is -2.49. The summed E-state index contributed by atoms with van der Waals surface area (Å²) in [5.41, 5.74) is 9.01. The quantitative estimate of drug-likeness (QED) is 0.262. The van der Waals surface area contributed by atoms with Gasteiger partial charge in [0.1, 0.15) is 5.60 Å². The number of carbonyl (C=O) groups excluding carboxylic acids is 1. The van der Waals surface area contributed by atoms with Gasteiger partial charge >= 0.3 is 6.09 Å². The molecule has 6 nitrogen and oxygen atoms in total. The molecule has 4 aromatic rings. The number of carbonyl (C=O) groups is 1. The maximum Gasteiger partial charge on any atom is 0.410 e. The molecular weight excluding hydrogens is 532 g/mol. The van der Waals surface area contributed by atoms with Crippen molar-refractivity contribution >= 4 is 40.0 Å². The zero-order chi connectivity index (χ0) is 29.3. The Morgan fingerprint density at radius 3 is 2.29 bits per heavy atom. The molecule has 1 fully saturated rings. The normalized spacial score (nSPS) is 14.4. The Morgan fingerprint density at radius 2 is 1.61 bits per heavy atom. The predicted molar refractivity (Wildman–Crippen MR) is 169 cm³/mol. The third kappa shape index (κ3) is 6.83. The summed E-state index contributed by atoms with van der Waals surface area (Å²) in [6.07, 6.45) is -0.226. The Labute approximate surface area is 248 Å². The average Bonchev–Trinajstić information content (AvgIpc) is 2.93. The van der Waals surface area contributed by atoms with E-state index in [2.05, 4.69) is 84.7 Å². The lowest BCUT2D eigenvalue weighted by atomic mass is 10.0. The minimum absolute atomic E-state index is 0.226. The van der Waals surface area contributed by atoms with E-state index in [9.17, 15) is 4.79 Å². The molecule has 1 N–H and O–H groups in total. The second kappa shape index (κ2) is 11.7. The van der Waals surface area contributed by atoms with Gasteiger partial charge in [0.2, 0.25) is 0 Å². The number of ether oxygens (including phenoxy) is 1. The van der Waals surface area contributed by atoms with Gasteiger partial charge in [-0.25, -0.2) is 4.79 Å². The van der Waals surface area contributed by atoms with Crippen molar-refractivity contribution < 1.29 is 9.53 Å². The standard InChI is InChI=1S/C34H39ClN4O2/c1-22-7-8-23(2)30(19-22)37-32-28-20-27(13-14-29(28)36-24(3)31(32)35)26-11-9-25(10-12-26)21-38-15-17-39(18-16-38)33(40)41-34(4,5)6/h7-14,19-20H,15-18,21H2,1-6H3,(H,36,37). The van der Waals surface area contributed by atoms with Crippen LogP contribution in [0, 0.1) is 20.8 Å². The molecule has 1 aliphatic rings. The molecule has 0 saturated carbocycles. The first-order valence-electron chi connectivity index (χ1n) is 14.2. The Morgan fingerprint density at radius 1 is 0.927 bits per heavy atom. The van der Waals surface area contributed by atoms with Crippen molar-refractivity contribution in [2.24, 2.45) is 0 Å². The van der Waals surface area contributed by atoms with E-state index in [-0.39, 0.29) is 6.09 Å². The Bertz CT molecular complexity index is 1570. The summed E-state index contributed by atoms with van der Waals surface area (Å²) >= 11 is 6.82. The lowest BCUT2D eigenvalue weighted by Gasteiger charge is -2.35. The number of piperazine rings is 1. The fraction of sp³-hybridized carbons (Fsp3) is 0.353. The number of anilines is 2. The number of nitrogens with one attached hydrogen (secondary N) is 1. The van der Waals surface area contributed by atoms with Gasteiger partial charge in [0, 0.05) is 43.8 Å². The van der Waals surface area contributed by atoms with Crippen LogP contribution in [-0.2, 0) is 11.3 Å². The molecule has 3 aromatic carbocycles. The van der Waals surface area contributed by atoms with E-state index in [1.54, 1.807) is 4.90 Å². The van der Waals surface area contributed by atoms with Gasteiger partial charge in [-0.15, -0.1) is 0 Å². The summed E-state index contributed by atoms with van der Waals surface area (Å²) in [7, 11) is 0. The van der Waals surface area contributed by atoms with Crippen LogP contribution in [0.4, 0.5) is 16.2 Å². The van der Waals surface area contributed by atoms with Crippen LogP contribution in [0.2, 0.25) is 5.02 Å². The number of hydrogen-bond donors (Lipinski definition) is 1. The first-order valence-corrected chi connectivity index (χ1v) is 14.6. The smallest absolute Gasteiger partial charge is 0.410 e. The number of aromatic nitrogens is 1. The van der Waals surface area contributed by atoms with Crippen molar-refractivity contribution in [3.8, 4) is 11.1 Å². The van der Waals surface area contributed by atoms with Crippen LogP contribution in [0.5, 0.6) is 0 Å². The van der Waals surface area contributed by atoms with Crippen LogP contribution in [0.3, 0.4) is 0 Å². The number of fused-ring (bicyclic) bond motifs is 1. The van der Waals surface area contributed by atoms with Gasteiger partial charge in [-0.2, -0.15) is 0 Å². The fourth-order valence-corrected chi connectivity index (χ4v) is 5.34. The van der Waals surface area contributed by atoms with Gasteiger partial charge in [0.15, 0.2) is 0 Å². The third-order valence-electron chi connectivity index (χ3n) is 7.46. The highest BCUT2D eigenvalue weighted by molar-refractivity contribution is 6.35. The van der Waals surface area contributed by atoms with Crippen LogP contribution in [0.1, 0.15) is 43.2 Å². The van der Waals surface area contributed by atoms with Crippen LogP contribution in [-0.4, -0.2) is 52.7 Å². The van der Waals surface area contributed by atoms with Crippen LogP contribution in [0.15, 0.2) is 60.7 Å². The number of benzene rings is 3. The SMILES string of the molecule is Cc1ccc(C)c(Nc2c(Cl)c(C)nc3ccc(-c4ccc(CN5CCN(C(=O)OC(C)(C)C)CC5)cc4)cc23)c1. The Hall–Kier alpha value is -3.61. The van der Waals surface area contributed by atoms with Gasteiger partial charge < -0.3 is 15.0 Å². The number of halogens is 1. The molecule has 0 spiro atoms. The molecule has 2 heterocycles. The molecule has 1 aliphatic heterocycles. The predicted octanol–water partition coefficient (Wildman–Crippen LogP) is 8.28. The summed E-state index contributed by atoms with van der Waals surface area (Å²) in [4.78, 5) is 21.3. The minimum atomic E-state index is -0.471. The second-order valence-corrected chi connectivity index (χ2v) is 12.4. The molecule has 0 unspecified atom stereocenters. The number of amides is 1. The van der Waals surface area contributed by atoms with Gasteiger partial charge in [-0.1, -0.05) is 54.1 Å². The van der Waals surface area contributed by atoms with Crippen molar-refractivity contribution in [2.75, 3.05) is 31.5 Å². The topological polar surface area (TPSA) is 57.7 Å². The van der Waals surface area contributed by atoms with Crippen molar-refractivity contribution in [1.29, 1.82) is 0 Å². The second-order valence-electron chi connectivity index (χ2n) is 12.0. The molecule has 7 heteroatoms. The minimum Gasteiger partial charge on any atom is -0.444 e. The maximum atomic E-state index is 12.4. The van der Waals surface area contributed by atoms with E-state index in [1.807, 2.05) is 27.7 Å². The van der Waals surface area contributed by atoms with E-state index < -0.39 is 5.60 Å². The molecule has 1 amide bonds. The summed E-state index contributed by atoms with van der Waals surface area (Å²) in [6.45, 7) is 15.7. The van der Waals surface area contributed by atoms with Crippen LogP contribution >= 0.6 is 11.6 Å². The maximum absolute atomic E-state index is 12.4. The number of aryl methyl sites for hydroxylation is 3. The molecule has 1 aromatic heterocycles. The summed E-state index contributed by atoms with van der Waals surface area (Å²) in [5.74, 6) is 0. The van der Waals surface area contributed by atoms with Gasteiger partial charge in [-0.05, 0) is 87.6 Å². The molecule has 41 heavy (non-hydrogen) atoms. The first kappa shape index (κ1) is 28.9. The van der Waals surface area contributed by atoms with E-state index >= 15 is 0 Å². The first-order chi connectivity index (χ1) is 19.5.